The fraction of sp³-hybridized carbons (Fsp3) is 0. The van der Waals surface area contributed by atoms with Gasteiger partial charge in [0.1, 0.15) is 0 Å². The SMILES string of the molecule is O=C(Nc1cc(Br)cc(Br)c1)c1n[nH]c2ccccc12. The number of halogens is 2. The zero-order valence-electron chi connectivity index (χ0n) is 10.2. The molecule has 0 spiro atoms. The number of carbonyl (C=O) groups is 1. The van der Waals surface area contributed by atoms with E-state index in [0.29, 0.717) is 11.4 Å². The van der Waals surface area contributed by atoms with E-state index in [1.54, 1.807) is 0 Å². The number of fused-ring (bicyclic) bond motifs is 1. The van der Waals surface area contributed by atoms with E-state index in [1.807, 2.05) is 42.5 Å². The second-order valence-electron chi connectivity index (χ2n) is 4.23. The molecule has 0 bridgehead atoms. The van der Waals surface area contributed by atoms with E-state index in [1.165, 1.54) is 0 Å². The van der Waals surface area contributed by atoms with Crippen LogP contribution in [-0.2, 0) is 0 Å². The Morgan fingerprint density at radius 2 is 1.80 bits per heavy atom. The van der Waals surface area contributed by atoms with E-state index in [2.05, 4.69) is 47.4 Å². The van der Waals surface area contributed by atoms with Crippen molar-refractivity contribution >= 4 is 54.4 Å². The van der Waals surface area contributed by atoms with Gasteiger partial charge in [0.2, 0.25) is 0 Å². The smallest absolute Gasteiger partial charge is 0.276 e. The number of anilines is 1. The first-order chi connectivity index (χ1) is 9.63. The van der Waals surface area contributed by atoms with Gasteiger partial charge in [-0.1, -0.05) is 50.1 Å². The van der Waals surface area contributed by atoms with Gasteiger partial charge >= 0.3 is 0 Å². The summed E-state index contributed by atoms with van der Waals surface area (Å²) in [7, 11) is 0. The molecule has 100 valence electrons. The lowest BCUT2D eigenvalue weighted by atomic mass is 10.2. The summed E-state index contributed by atoms with van der Waals surface area (Å²) in [6.45, 7) is 0. The van der Waals surface area contributed by atoms with Crippen LogP contribution >= 0.6 is 31.9 Å². The zero-order chi connectivity index (χ0) is 14.1. The highest BCUT2D eigenvalue weighted by Crippen LogP contribution is 2.24. The lowest BCUT2D eigenvalue weighted by molar-refractivity contribution is 0.102. The number of aromatic amines is 1. The van der Waals surface area contributed by atoms with Crippen molar-refractivity contribution in [1.82, 2.24) is 10.2 Å². The highest BCUT2D eigenvalue weighted by Gasteiger charge is 2.14. The van der Waals surface area contributed by atoms with Gasteiger partial charge in [-0.25, -0.2) is 0 Å². The van der Waals surface area contributed by atoms with Gasteiger partial charge in [-0.05, 0) is 24.3 Å². The maximum absolute atomic E-state index is 12.3. The molecule has 0 radical (unpaired) electrons. The number of hydrogen-bond donors (Lipinski definition) is 2. The third kappa shape index (κ3) is 2.62. The van der Waals surface area contributed by atoms with Gasteiger partial charge < -0.3 is 5.32 Å². The summed E-state index contributed by atoms with van der Waals surface area (Å²) >= 11 is 6.78. The molecule has 0 aliphatic rings. The van der Waals surface area contributed by atoms with Crippen LogP contribution in [0.15, 0.2) is 51.4 Å². The highest BCUT2D eigenvalue weighted by molar-refractivity contribution is 9.11. The fourth-order valence-electron chi connectivity index (χ4n) is 1.95. The molecule has 20 heavy (non-hydrogen) atoms. The normalized spacial score (nSPS) is 10.7. The molecular formula is C14H9Br2N3O. The van der Waals surface area contributed by atoms with Crippen molar-refractivity contribution in [2.24, 2.45) is 0 Å². The number of amides is 1. The second-order valence-corrected chi connectivity index (χ2v) is 6.06. The van der Waals surface area contributed by atoms with E-state index < -0.39 is 0 Å². The van der Waals surface area contributed by atoms with Crippen molar-refractivity contribution < 1.29 is 4.79 Å². The molecule has 0 aliphatic heterocycles. The van der Waals surface area contributed by atoms with Crippen LogP contribution in [0.25, 0.3) is 10.9 Å². The number of carbonyl (C=O) groups excluding carboxylic acids is 1. The lowest BCUT2D eigenvalue weighted by Gasteiger charge is -2.05. The summed E-state index contributed by atoms with van der Waals surface area (Å²) in [5.41, 5.74) is 1.92. The van der Waals surface area contributed by atoms with E-state index in [4.69, 9.17) is 0 Å². The number of benzene rings is 2. The van der Waals surface area contributed by atoms with Crippen LogP contribution in [0.4, 0.5) is 5.69 Å². The molecule has 0 atom stereocenters. The Bertz CT molecular complexity index is 778. The maximum Gasteiger partial charge on any atom is 0.276 e. The van der Waals surface area contributed by atoms with Gasteiger partial charge in [-0.3, -0.25) is 9.89 Å². The molecule has 3 aromatic rings. The van der Waals surface area contributed by atoms with E-state index in [0.717, 1.165) is 19.8 Å². The summed E-state index contributed by atoms with van der Waals surface area (Å²) in [6, 6.07) is 13.1. The zero-order valence-corrected chi connectivity index (χ0v) is 13.3. The lowest BCUT2D eigenvalue weighted by Crippen LogP contribution is -2.12. The Morgan fingerprint density at radius 1 is 1.10 bits per heavy atom. The molecule has 4 nitrogen and oxygen atoms in total. The Morgan fingerprint density at radius 3 is 2.55 bits per heavy atom. The first-order valence-corrected chi connectivity index (χ1v) is 7.42. The van der Waals surface area contributed by atoms with Crippen LogP contribution in [0.1, 0.15) is 10.5 Å². The Balaban J connectivity index is 1.93. The molecule has 2 aromatic carbocycles. The molecule has 3 rings (SSSR count). The molecule has 1 amide bonds. The summed E-state index contributed by atoms with van der Waals surface area (Å²) < 4.78 is 1.77. The molecule has 0 aliphatic carbocycles. The largest absolute Gasteiger partial charge is 0.320 e. The van der Waals surface area contributed by atoms with Crippen LogP contribution in [0.5, 0.6) is 0 Å². The minimum atomic E-state index is -0.243. The number of H-pyrrole nitrogens is 1. The van der Waals surface area contributed by atoms with Crippen molar-refractivity contribution in [3.8, 4) is 0 Å². The first-order valence-electron chi connectivity index (χ1n) is 5.84. The molecule has 2 N–H and O–H groups in total. The molecule has 1 aromatic heterocycles. The van der Waals surface area contributed by atoms with Crippen molar-refractivity contribution in [2.45, 2.75) is 0 Å². The average Bonchev–Trinajstić information content (AvgIpc) is 2.81. The van der Waals surface area contributed by atoms with Gasteiger partial charge in [-0.2, -0.15) is 5.10 Å². The van der Waals surface area contributed by atoms with Crippen LogP contribution < -0.4 is 5.32 Å². The third-order valence-corrected chi connectivity index (χ3v) is 3.72. The number of nitrogens with one attached hydrogen (secondary N) is 2. The number of aromatic nitrogens is 2. The average molecular weight is 395 g/mol. The number of rotatable bonds is 2. The van der Waals surface area contributed by atoms with Gasteiger partial charge in [0.05, 0.1) is 5.52 Å². The molecule has 0 saturated heterocycles. The summed E-state index contributed by atoms with van der Waals surface area (Å²) in [5, 5.41) is 10.6. The van der Waals surface area contributed by atoms with Crippen LogP contribution in [-0.4, -0.2) is 16.1 Å². The summed E-state index contributed by atoms with van der Waals surface area (Å²) in [4.78, 5) is 12.3. The standard InChI is InChI=1S/C14H9Br2N3O/c15-8-5-9(16)7-10(6-8)17-14(20)13-11-3-1-2-4-12(11)18-19-13/h1-7H,(H,17,20)(H,18,19). The Hall–Kier alpha value is -1.66. The summed E-state index contributed by atoms with van der Waals surface area (Å²) in [5.74, 6) is -0.243. The van der Waals surface area contributed by atoms with Crippen molar-refractivity contribution in [1.29, 1.82) is 0 Å². The maximum atomic E-state index is 12.3. The van der Waals surface area contributed by atoms with Crippen LogP contribution in [0.3, 0.4) is 0 Å². The van der Waals surface area contributed by atoms with Gasteiger partial charge in [0.25, 0.3) is 5.91 Å². The molecule has 6 heteroatoms. The molecule has 1 heterocycles. The number of para-hydroxylation sites is 1. The molecular weight excluding hydrogens is 386 g/mol. The van der Waals surface area contributed by atoms with Gasteiger partial charge in [0, 0.05) is 20.0 Å². The minimum absolute atomic E-state index is 0.243. The highest BCUT2D eigenvalue weighted by atomic mass is 79.9. The Labute approximate surface area is 131 Å². The van der Waals surface area contributed by atoms with E-state index in [9.17, 15) is 4.79 Å². The minimum Gasteiger partial charge on any atom is -0.320 e. The Kier molecular flexibility index (Phi) is 3.58. The predicted octanol–water partition coefficient (Wildman–Crippen LogP) is 4.34. The van der Waals surface area contributed by atoms with Crippen molar-refractivity contribution in [3.63, 3.8) is 0 Å². The van der Waals surface area contributed by atoms with Crippen LogP contribution in [0, 0.1) is 0 Å². The van der Waals surface area contributed by atoms with Crippen molar-refractivity contribution in [2.75, 3.05) is 5.32 Å². The van der Waals surface area contributed by atoms with E-state index in [-0.39, 0.29) is 5.91 Å². The topological polar surface area (TPSA) is 57.8 Å². The number of nitrogens with zero attached hydrogens (tertiary/aromatic N) is 1. The molecule has 0 fully saturated rings. The van der Waals surface area contributed by atoms with Gasteiger partial charge in [0.15, 0.2) is 5.69 Å². The second kappa shape index (κ2) is 5.38. The third-order valence-electron chi connectivity index (χ3n) is 2.81. The first kappa shape index (κ1) is 13.3. The summed E-state index contributed by atoms with van der Waals surface area (Å²) in [6.07, 6.45) is 0. The predicted molar refractivity (Wildman–Crippen MR) is 85.9 cm³/mol. The fourth-order valence-corrected chi connectivity index (χ4v) is 3.25. The number of hydrogen-bond acceptors (Lipinski definition) is 2. The van der Waals surface area contributed by atoms with Crippen molar-refractivity contribution in [3.05, 3.63) is 57.1 Å². The monoisotopic (exact) mass is 393 g/mol. The van der Waals surface area contributed by atoms with Crippen LogP contribution in [0.2, 0.25) is 0 Å². The molecule has 0 saturated carbocycles. The van der Waals surface area contributed by atoms with E-state index >= 15 is 0 Å². The molecule has 0 unspecified atom stereocenters. The quantitative estimate of drug-likeness (QED) is 0.679. The van der Waals surface area contributed by atoms with Gasteiger partial charge in [-0.15, -0.1) is 0 Å².